The largest absolute Gasteiger partial charge is 0.493 e. The first-order valence-electron chi connectivity index (χ1n) is 10.6. The Labute approximate surface area is 197 Å². The van der Waals surface area contributed by atoms with Crippen molar-refractivity contribution in [2.45, 2.75) is 17.9 Å². The zero-order valence-corrected chi connectivity index (χ0v) is 20.1. The molecule has 6 rings (SSSR count). The topological polar surface area (TPSA) is 115 Å². The van der Waals surface area contributed by atoms with Crippen molar-refractivity contribution in [1.82, 2.24) is 14.4 Å². The molecule has 34 heavy (non-hydrogen) atoms. The Morgan fingerprint density at radius 2 is 2.06 bits per heavy atom. The fraction of sp³-hybridized carbons (Fsp3) is 0.174. The fourth-order valence-electron chi connectivity index (χ4n) is 4.52. The number of carbonyl (C=O) groups is 1. The first-order valence-corrected chi connectivity index (χ1v) is 13.1. The van der Waals surface area contributed by atoms with Gasteiger partial charge in [-0.25, -0.2) is 18.4 Å². The van der Waals surface area contributed by atoms with Crippen molar-refractivity contribution in [3.05, 3.63) is 59.7 Å². The number of fused-ring (bicyclic) bond motifs is 3. The molecule has 2 aromatic carbocycles. The van der Waals surface area contributed by atoms with Gasteiger partial charge in [0, 0.05) is 42.1 Å². The van der Waals surface area contributed by atoms with Crippen LogP contribution in [-0.2, 0) is 22.8 Å². The molecular formula is C23H20N5O4PS. The van der Waals surface area contributed by atoms with E-state index in [2.05, 4.69) is 29.8 Å². The number of carbonyl (C=O) groups excluding carboxylic acids is 1. The van der Waals surface area contributed by atoms with E-state index < -0.39 is 15.7 Å². The van der Waals surface area contributed by atoms with Crippen LogP contribution >= 0.6 is 9.24 Å². The van der Waals surface area contributed by atoms with Gasteiger partial charge in [-0.05, 0) is 29.1 Å². The van der Waals surface area contributed by atoms with E-state index in [1.54, 1.807) is 23.0 Å². The van der Waals surface area contributed by atoms with Gasteiger partial charge in [0.2, 0.25) is 5.95 Å². The molecule has 0 spiro atoms. The summed E-state index contributed by atoms with van der Waals surface area (Å²) in [6.45, 7) is 1.20. The quantitative estimate of drug-likeness (QED) is 0.420. The standard InChI is InChI=1S/C23H20N5O4PS/c1-34(30,31)12-2-3-13-16-10-25-23(24-9-15-14-6-7-32-18(14)4-5-19(15)33)28-11-26-20(21(16)28)22(29)27-17(13)8-12/h2-5,8,10-11H,6-7,9,33H2,1H3,(H,24,25)(H,27,29). The van der Waals surface area contributed by atoms with Crippen molar-refractivity contribution < 1.29 is 17.9 Å². The van der Waals surface area contributed by atoms with Gasteiger partial charge in [-0.1, -0.05) is 12.1 Å². The molecule has 0 radical (unpaired) electrons. The van der Waals surface area contributed by atoms with Gasteiger partial charge in [-0.15, -0.1) is 9.24 Å². The van der Waals surface area contributed by atoms with Crippen molar-refractivity contribution >= 4 is 47.4 Å². The van der Waals surface area contributed by atoms with Gasteiger partial charge in [0.15, 0.2) is 15.5 Å². The second kappa shape index (κ2) is 7.51. The Hall–Kier alpha value is -3.49. The fourth-order valence-corrected chi connectivity index (χ4v) is 5.54. The second-order valence-corrected chi connectivity index (χ2v) is 10.9. The zero-order chi connectivity index (χ0) is 23.6. The third-order valence-electron chi connectivity index (χ3n) is 6.20. The summed E-state index contributed by atoms with van der Waals surface area (Å²) in [5.41, 5.74) is 4.95. The van der Waals surface area contributed by atoms with Crippen molar-refractivity contribution in [3.63, 3.8) is 0 Å². The SMILES string of the molecule is CS(=O)(=O)c1ccc2c(c1)NC(=O)c1ncn3c(NCc4c(P)ccc5c4CCO5)ncc-2c13. The summed E-state index contributed by atoms with van der Waals surface area (Å²) >= 11 is 0. The lowest BCUT2D eigenvalue weighted by atomic mass is 10.0. The predicted molar refractivity (Wildman–Crippen MR) is 132 cm³/mol. The summed E-state index contributed by atoms with van der Waals surface area (Å²) in [7, 11) is -0.660. The number of hydrogen-bond donors (Lipinski definition) is 2. The van der Waals surface area contributed by atoms with Crippen molar-refractivity contribution in [1.29, 1.82) is 0 Å². The number of benzene rings is 2. The summed E-state index contributed by atoms with van der Waals surface area (Å²) in [5.74, 6) is 1.05. The number of hydrogen-bond acceptors (Lipinski definition) is 7. The monoisotopic (exact) mass is 493 g/mol. The Kier molecular flexibility index (Phi) is 4.65. The summed E-state index contributed by atoms with van der Waals surface area (Å²) in [4.78, 5) is 22.0. The summed E-state index contributed by atoms with van der Waals surface area (Å²) in [6, 6.07) is 8.69. The lowest BCUT2D eigenvalue weighted by Gasteiger charge is -2.15. The van der Waals surface area contributed by atoms with Crippen LogP contribution in [0.3, 0.4) is 0 Å². The third kappa shape index (κ3) is 3.25. The highest BCUT2D eigenvalue weighted by Crippen LogP contribution is 2.38. The van der Waals surface area contributed by atoms with Crippen LogP contribution < -0.4 is 20.7 Å². The molecule has 0 saturated heterocycles. The van der Waals surface area contributed by atoms with E-state index in [0.717, 1.165) is 29.3 Å². The van der Waals surface area contributed by atoms with Gasteiger partial charge in [0.1, 0.15) is 12.1 Å². The molecule has 2 aromatic heterocycles. The molecule has 1 unspecified atom stereocenters. The molecule has 2 aliphatic rings. The van der Waals surface area contributed by atoms with E-state index >= 15 is 0 Å². The molecule has 0 aliphatic carbocycles. The third-order valence-corrected chi connectivity index (χ3v) is 7.85. The molecule has 0 fully saturated rings. The molecule has 1 atom stereocenters. The second-order valence-electron chi connectivity index (χ2n) is 8.30. The molecule has 0 bridgehead atoms. The summed E-state index contributed by atoms with van der Waals surface area (Å²) < 4.78 is 31.5. The summed E-state index contributed by atoms with van der Waals surface area (Å²) in [6.07, 6.45) is 5.24. The number of nitrogens with zero attached hydrogens (tertiary/aromatic N) is 3. The number of rotatable bonds is 4. The minimum atomic E-state index is -3.43. The minimum absolute atomic E-state index is 0.129. The van der Waals surface area contributed by atoms with E-state index in [4.69, 9.17) is 4.74 Å². The highest BCUT2D eigenvalue weighted by atomic mass is 32.2. The molecule has 2 aliphatic heterocycles. The van der Waals surface area contributed by atoms with Crippen LogP contribution in [0.2, 0.25) is 0 Å². The molecule has 11 heteroatoms. The van der Waals surface area contributed by atoms with Crippen LogP contribution in [0.25, 0.3) is 16.6 Å². The lowest BCUT2D eigenvalue weighted by molar-refractivity contribution is 0.102. The first-order chi connectivity index (χ1) is 16.3. The van der Waals surface area contributed by atoms with Gasteiger partial charge >= 0.3 is 0 Å². The van der Waals surface area contributed by atoms with Gasteiger partial charge in [-0.2, -0.15) is 0 Å². The van der Waals surface area contributed by atoms with Crippen molar-refractivity contribution in [2.75, 3.05) is 23.5 Å². The van der Waals surface area contributed by atoms with Crippen LogP contribution in [0.1, 0.15) is 21.6 Å². The van der Waals surface area contributed by atoms with Gasteiger partial charge < -0.3 is 15.4 Å². The van der Waals surface area contributed by atoms with E-state index in [0.29, 0.717) is 41.4 Å². The Morgan fingerprint density at radius 3 is 2.88 bits per heavy atom. The average Bonchev–Trinajstić information content (AvgIpc) is 3.43. The number of amides is 1. The van der Waals surface area contributed by atoms with Crippen LogP contribution in [0.4, 0.5) is 11.6 Å². The number of anilines is 2. The number of imidazole rings is 1. The summed E-state index contributed by atoms with van der Waals surface area (Å²) in [5, 5.41) is 7.27. The molecule has 1 amide bonds. The zero-order valence-electron chi connectivity index (χ0n) is 18.1. The van der Waals surface area contributed by atoms with Crippen LogP contribution in [0.5, 0.6) is 5.75 Å². The van der Waals surface area contributed by atoms with Crippen LogP contribution in [-0.4, -0.2) is 41.6 Å². The van der Waals surface area contributed by atoms with E-state index in [1.165, 1.54) is 17.7 Å². The lowest BCUT2D eigenvalue weighted by Crippen LogP contribution is -2.13. The molecule has 172 valence electrons. The predicted octanol–water partition coefficient (Wildman–Crippen LogP) is 2.41. The Bertz CT molecular complexity index is 1630. The highest BCUT2D eigenvalue weighted by molar-refractivity contribution is 7.90. The van der Waals surface area contributed by atoms with Crippen LogP contribution in [0, 0.1) is 0 Å². The molecule has 2 N–H and O–H groups in total. The van der Waals surface area contributed by atoms with Gasteiger partial charge in [-0.3, -0.25) is 9.20 Å². The Balaban J connectivity index is 1.44. The highest BCUT2D eigenvalue weighted by Gasteiger charge is 2.27. The Morgan fingerprint density at radius 1 is 1.21 bits per heavy atom. The van der Waals surface area contributed by atoms with E-state index in [9.17, 15) is 13.2 Å². The molecule has 4 aromatic rings. The smallest absolute Gasteiger partial charge is 0.276 e. The molecule has 4 heterocycles. The normalized spacial score (nSPS) is 14.2. The van der Waals surface area contributed by atoms with Crippen molar-refractivity contribution in [2.24, 2.45) is 0 Å². The van der Waals surface area contributed by atoms with Gasteiger partial charge in [0.25, 0.3) is 5.91 Å². The first kappa shape index (κ1) is 21.1. The van der Waals surface area contributed by atoms with E-state index in [1.807, 2.05) is 12.1 Å². The number of sulfone groups is 1. The van der Waals surface area contributed by atoms with Crippen molar-refractivity contribution in [3.8, 4) is 16.9 Å². The maximum absolute atomic E-state index is 12.9. The number of ether oxygens (including phenoxy) is 1. The average molecular weight is 493 g/mol. The maximum atomic E-state index is 12.9. The minimum Gasteiger partial charge on any atom is -0.493 e. The molecule has 0 saturated carbocycles. The maximum Gasteiger partial charge on any atom is 0.276 e. The molecule has 9 nitrogen and oxygen atoms in total. The number of aromatic nitrogens is 3. The number of nitrogens with one attached hydrogen (secondary N) is 2. The van der Waals surface area contributed by atoms with Gasteiger partial charge in [0.05, 0.1) is 22.7 Å². The molecular weight excluding hydrogens is 473 g/mol. The van der Waals surface area contributed by atoms with E-state index in [-0.39, 0.29) is 10.6 Å². The van der Waals surface area contributed by atoms with Crippen LogP contribution in [0.15, 0.2) is 47.8 Å².